The van der Waals surface area contributed by atoms with Gasteiger partial charge in [0.1, 0.15) is 0 Å². The zero-order valence-electron chi connectivity index (χ0n) is 11.7. The third-order valence-corrected chi connectivity index (χ3v) is 4.39. The minimum atomic E-state index is 0.318. The Morgan fingerprint density at radius 2 is 2.16 bits per heavy atom. The van der Waals surface area contributed by atoms with Gasteiger partial charge in [-0.1, -0.05) is 6.07 Å². The van der Waals surface area contributed by atoms with Crippen LogP contribution in [0.25, 0.3) is 0 Å². The van der Waals surface area contributed by atoms with Gasteiger partial charge in [-0.25, -0.2) is 0 Å². The molecule has 1 aromatic rings. The summed E-state index contributed by atoms with van der Waals surface area (Å²) in [6.07, 6.45) is 3.79. The van der Waals surface area contributed by atoms with E-state index in [9.17, 15) is 5.11 Å². The Balaban J connectivity index is 1.64. The van der Waals surface area contributed by atoms with Crippen molar-refractivity contribution in [1.29, 1.82) is 0 Å². The Morgan fingerprint density at radius 3 is 2.79 bits per heavy atom. The molecule has 0 radical (unpaired) electrons. The van der Waals surface area contributed by atoms with Crippen LogP contribution in [0.2, 0.25) is 0 Å². The van der Waals surface area contributed by atoms with Crippen molar-refractivity contribution in [2.75, 3.05) is 24.6 Å². The summed E-state index contributed by atoms with van der Waals surface area (Å²) in [5.74, 6) is 0.455. The van der Waals surface area contributed by atoms with E-state index in [1.807, 2.05) is 0 Å². The predicted molar refractivity (Wildman–Crippen MR) is 78.4 cm³/mol. The standard InChI is InChI=1S/C16H24N2O/c1-12-8-16(18-7-6-13(10-18)11-19)5-2-14(12)9-17-15-3-4-15/h2,5,8,13,15,17,19H,3-4,6-7,9-11H2,1H3. The highest BCUT2D eigenvalue weighted by atomic mass is 16.3. The molecule has 1 unspecified atom stereocenters. The molecule has 2 fully saturated rings. The van der Waals surface area contributed by atoms with Crippen LogP contribution in [0.15, 0.2) is 18.2 Å². The summed E-state index contributed by atoms with van der Waals surface area (Å²) in [6, 6.07) is 7.55. The van der Waals surface area contributed by atoms with E-state index in [0.717, 1.165) is 32.1 Å². The lowest BCUT2D eigenvalue weighted by molar-refractivity contribution is 0.238. The molecule has 0 amide bonds. The summed E-state index contributed by atoms with van der Waals surface area (Å²) in [4.78, 5) is 2.39. The first kappa shape index (κ1) is 12.9. The Morgan fingerprint density at radius 1 is 1.32 bits per heavy atom. The quantitative estimate of drug-likeness (QED) is 0.850. The number of aliphatic hydroxyl groups is 1. The summed E-state index contributed by atoms with van der Waals surface area (Å²) < 4.78 is 0. The summed E-state index contributed by atoms with van der Waals surface area (Å²) in [5.41, 5.74) is 4.09. The lowest BCUT2D eigenvalue weighted by Crippen LogP contribution is -2.21. The summed E-state index contributed by atoms with van der Waals surface area (Å²) in [7, 11) is 0. The van der Waals surface area contributed by atoms with Gasteiger partial charge in [0.2, 0.25) is 0 Å². The van der Waals surface area contributed by atoms with Crippen LogP contribution in [-0.4, -0.2) is 30.8 Å². The van der Waals surface area contributed by atoms with Gasteiger partial charge in [0.05, 0.1) is 0 Å². The minimum Gasteiger partial charge on any atom is -0.396 e. The van der Waals surface area contributed by atoms with Crippen LogP contribution >= 0.6 is 0 Å². The van der Waals surface area contributed by atoms with Gasteiger partial charge in [-0.05, 0) is 49.4 Å². The Bertz CT molecular complexity index is 442. The molecule has 104 valence electrons. The third-order valence-electron chi connectivity index (χ3n) is 4.39. The van der Waals surface area contributed by atoms with E-state index >= 15 is 0 Å². The highest BCUT2D eigenvalue weighted by Gasteiger charge is 2.23. The maximum absolute atomic E-state index is 9.22. The molecule has 0 bridgehead atoms. The molecule has 1 aromatic carbocycles. The third kappa shape index (κ3) is 3.10. The average Bonchev–Trinajstić information content (AvgIpc) is 3.12. The van der Waals surface area contributed by atoms with Gasteiger partial charge < -0.3 is 15.3 Å². The number of nitrogens with zero attached hydrogens (tertiary/aromatic N) is 1. The Labute approximate surface area is 115 Å². The van der Waals surface area contributed by atoms with Gasteiger partial charge in [-0.2, -0.15) is 0 Å². The zero-order valence-corrected chi connectivity index (χ0v) is 11.7. The molecule has 1 aliphatic heterocycles. The molecule has 3 rings (SSSR count). The largest absolute Gasteiger partial charge is 0.396 e. The van der Waals surface area contributed by atoms with Crippen LogP contribution in [0.3, 0.4) is 0 Å². The summed E-state index contributed by atoms with van der Waals surface area (Å²) in [6.45, 7) is 5.59. The fourth-order valence-corrected chi connectivity index (χ4v) is 2.83. The van der Waals surface area contributed by atoms with Crippen molar-refractivity contribution in [1.82, 2.24) is 5.32 Å². The topological polar surface area (TPSA) is 35.5 Å². The number of aryl methyl sites for hydroxylation is 1. The van der Waals surface area contributed by atoms with Gasteiger partial charge in [-0.3, -0.25) is 0 Å². The second-order valence-electron chi connectivity index (χ2n) is 6.05. The second-order valence-corrected chi connectivity index (χ2v) is 6.05. The second kappa shape index (κ2) is 5.51. The van der Waals surface area contributed by atoms with Gasteiger partial charge in [-0.15, -0.1) is 0 Å². The fraction of sp³-hybridized carbons (Fsp3) is 0.625. The molecule has 3 heteroatoms. The van der Waals surface area contributed by atoms with Crippen molar-refractivity contribution < 1.29 is 5.11 Å². The monoisotopic (exact) mass is 260 g/mol. The van der Waals surface area contributed by atoms with Gasteiger partial charge in [0, 0.05) is 43.9 Å². The lowest BCUT2D eigenvalue weighted by Gasteiger charge is -2.20. The molecule has 0 aromatic heterocycles. The molecular formula is C16H24N2O. The molecule has 1 saturated heterocycles. The number of nitrogens with one attached hydrogen (secondary N) is 1. The summed E-state index contributed by atoms with van der Waals surface area (Å²) >= 11 is 0. The maximum atomic E-state index is 9.22. The molecular weight excluding hydrogens is 236 g/mol. The first-order valence-corrected chi connectivity index (χ1v) is 7.45. The van der Waals surface area contributed by atoms with Crippen molar-refractivity contribution in [3.05, 3.63) is 29.3 Å². The van der Waals surface area contributed by atoms with E-state index in [-0.39, 0.29) is 0 Å². The van der Waals surface area contributed by atoms with Crippen molar-refractivity contribution >= 4 is 5.69 Å². The van der Waals surface area contributed by atoms with E-state index in [0.29, 0.717) is 12.5 Å². The van der Waals surface area contributed by atoms with Crippen LogP contribution < -0.4 is 10.2 Å². The average molecular weight is 260 g/mol. The normalized spacial score (nSPS) is 23.1. The molecule has 1 atom stereocenters. The molecule has 1 saturated carbocycles. The van der Waals surface area contributed by atoms with Crippen LogP contribution in [0, 0.1) is 12.8 Å². The number of benzene rings is 1. The van der Waals surface area contributed by atoms with Crippen molar-refractivity contribution in [2.24, 2.45) is 5.92 Å². The minimum absolute atomic E-state index is 0.318. The number of hydrogen-bond acceptors (Lipinski definition) is 3. The maximum Gasteiger partial charge on any atom is 0.0476 e. The van der Waals surface area contributed by atoms with Gasteiger partial charge in [0.15, 0.2) is 0 Å². The molecule has 1 aliphatic carbocycles. The van der Waals surface area contributed by atoms with Crippen LogP contribution in [0.4, 0.5) is 5.69 Å². The van der Waals surface area contributed by atoms with Crippen LogP contribution in [0.5, 0.6) is 0 Å². The molecule has 0 spiro atoms. The smallest absolute Gasteiger partial charge is 0.0476 e. The molecule has 3 nitrogen and oxygen atoms in total. The van der Waals surface area contributed by atoms with E-state index in [4.69, 9.17) is 0 Å². The van der Waals surface area contributed by atoms with E-state index in [1.54, 1.807) is 0 Å². The van der Waals surface area contributed by atoms with Crippen LogP contribution in [-0.2, 0) is 6.54 Å². The highest BCUT2D eigenvalue weighted by molar-refractivity contribution is 5.51. The fourth-order valence-electron chi connectivity index (χ4n) is 2.83. The molecule has 1 heterocycles. The zero-order chi connectivity index (χ0) is 13.2. The first-order chi connectivity index (χ1) is 9.26. The molecule has 19 heavy (non-hydrogen) atoms. The SMILES string of the molecule is Cc1cc(N2CCC(CO)C2)ccc1CNC1CC1. The van der Waals surface area contributed by atoms with Crippen molar-refractivity contribution in [2.45, 2.75) is 38.8 Å². The molecule has 2 aliphatic rings. The number of hydrogen-bond donors (Lipinski definition) is 2. The predicted octanol–water partition coefficient (Wildman–Crippen LogP) is 2.07. The van der Waals surface area contributed by atoms with E-state index < -0.39 is 0 Å². The molecule has 2 N–H and O–H groups in total. The van der Waals surface area contributed by atoms with E-state index in [1.165, 1.54) is 29.7 Å². The Hall–Kier alpha value is -1.06. The van der Waals surface area contributed by atoms with Gasteiger partial charge in [0.25, 0.3) is 0 Å². The van der Waals surface area contributed by atoms with E-state index in [2.05, 4.69) is 35.3 Å². The highest BCUT2D eigenvalue weighted by Crippen LogP contribution is 2.26. The summed E-state index contributed by atoms with van der Waals surface area (Å²) in [5, 5.41) is 12.8. The van der Waals surface area contributed by atoms with Gasteiger partial charge >= 0.3 is 0 Å². The van der Waals surface area contributed by atoms with Crippen molar-refractivity contribution in [3.63, 3.8) is 0 Å². The lowest BCUT2D eigenvalue weighted by atomic mass is 10.1. The first-order valence-electron chi connectivity index (χ1n) is 7.45. The van der Waals surface area contributed by atoms with Crippen LogP contribution in [0.1, 0.15) is 30.4 Å². The number of rotatable bonds is 5. The van der Waals surface area contributed by atoms with Crippen molar-refractivity contribution in [3.8, 4) is 0 Å². The Kier molecular flexibility index (Phi) is 3.76. The number of anilines is 1. The number of aliphatic hydroxyl groups excluding tert-OH is 1.